The summed E-state index contributed by atoms with van der Waals surface area (Å²) >= 11 is 7.92. The Hall–Kier alpha value is -1.98. The fraction of sp³-hybridized carbons (Fsp3) is 0.235. The van der Waals surface area contributed by atoms with Crippen LogP contribution in [0.25, 0.3) is 10.2 Å². The lowest BCUT2D eigenvalue weighted by Crippen LogP contribution is -1.98. The van der Waals surface area contributed by atoms with Gasteiger partial charge in [0, 0.05) is 16.3 Å². The van der Waals surface area contributed by atoms with Crippen molar-refractivity contribution < 1.29 is 9.90 Å². The zero-order valence-corrected chi connectivity index (χ0v) is 13.9. The van der Waals surface area contributed by atoms with Crippen molar-refractivity contribution in [3.05, 3.63) is 57.3 Å². The minimum absolute atomic E-state index is 0.217. The Labute approximate surface area is 141 Å². The number of thiophene rings is 1. The number of carbonyl (C=O) groups is 1. The van der Waals surface area contributed by atoms with E-state index < -0.39 is 5.97 Å². The number of rotatable bonds is 3. The van der Waals surface area contributed by atoms with Crippen molar-refractivity contribution in [2.24, 2.45) is 0 Å². The molecule has 4 nitrogen and oxygen atoms in total. The summed E-state index contributed by atoms with van der Waals surface area (Å²) in [5.41, 5.74) is 2.30. The first-order valence-corrected chi connectivity index (χ1v) is 8.55. The minimum atomic E-state index is -0.961. The first-order chi connectivity index (χ1) is 11.0. The second-order valence-corrected chi connectivity index (χ2v) is 7.09. The molecule has 0 spiro atoms. The lowest BCUT2D eigenvalue weighted by Gasteiger charge is -2.06. The average Bonchev–Trinajstić information content (AvgIpc) is 3.15. The first-order valence-electron chi connectivity index (χ1n) is 7.29. The molecule has 0 saturated heterocycles. The summed E-state index contributed by atoms with van der Waals surface area (Å²) in [4.78, 5) is 21.1. The van der Waals surface area contributed by atoms with E-state index in [1.807, 2.05) is 18.4 Å². The molecule has 0 amide bonds. The molecule has 0 radical (unpaired) electrons. The largest absolute Gasteiger partial charge is 0.478 e. The number of aromatic nitrogens is 2. The number of carboxylic acids is 1. The van der Waals surface area contributed by atoms with E-state index in [1.165, 1.54) is 6.07 Å². The summed E-state index contributed by atoms with van der Waals surface area (Å²) in [5.74, 6) is 0.440. The molecule has 0 aliphatic heterocycles. The molecule has 2 heterocycles. The number of aromatic carboxylic acids is 1. The average molecular weight is 345 g/mol. The molecule has 1 fully saturated rings. The zero-order valence-electron chi connectivity index (χ0n) is 12.3. The topological polar surface area (TPSA) is 63.1 Å². The van der Waals surface area contributed by atoms with E-state index in [2.05, 4.69) is 16.0 Å². The van der Waals surface area contributed by atoms with Crippen LogP contribution in [0.15, 0.2) is 29.6 Å². The number of hydrogen-bond donors (Lipinski definition) is 1. The number of halogens is 1. The van der Waals surface area contributed by atoms with E-state index in [9.17, 15) is 4.79 Å². The van der Waals surface area contributed by atoms with Gasteiger partial charge in [0.25, 0.3) is 0 Å². The molecule has 0 bridgehead atoms. The van der Waals surface area contributed by atoms with Crippen LogP contribution in [0.2, 0.25) is 5.02 Å². The van der Waals surface area contributed by atoms with Crippen molar-refractivity contribution in [1.29, 1.82) is 0 Å². The molecule has 3 aromatic rings. The van der Waals surface area contributed by atoms with Crippen LogP contribution >= 0.6 is 22.9 Å². The normalized spacial score (nSPS) is 19.9. The highest BCUT2D eigenvalue weighted by Crippen LogP contribution is 2.56. The zero-order chi connectivity index (χ0) is 16.1. The van der Waals surface area contributed by atoms with Gasteiger partial charge in [-0.05, 0) is 48.4 Å². The Morgan fingerprint density at radius 3 is 2.87 bits per heavy atom. The molecule has 1 N–H and O–H groups in total. The van der Waals surface area contributed by atoms with E-state index in [0.717, 1.165) is 33.7 Å². The van der Waals surface area contributed by atoms with Crippen LogP contribution in [0, 0.1) is 6.92 Å². The van der Waals surface area contributed by atoms with Crippen LogP contribution in [0.4, 0.5) is 0 Å². The van der Waals surface area contributed by atoms with Crippen LogP contribution in [0.5, 0.6) is 0 Å². The van der Waals surface area contributed by atoms with E-state index in [4.69, 9.17) is 16.7 Å². The molecule has 23 heavy (non-hydrogen) atoms. The van der Waals surface area contributed by atoms with Gasteiger partial charge in [-0.25, -0.2) is 14.8 Å². The Balaban J connectivity index is 1.70. The van der Waals surface area contributed by atoms with E-state index in [0.29, 0.717) is 16.9 Å². The third-order valence-corrected chi connectivity index (χ3v) is 5.39. The summed E-state index contributed by atoms with van der Waals surface area (Å²) in [7, 11) is 0. The molecule has 1 aliphatic carbocycles. The number of aryl methyl sites for hydroxylation is 1. The smallest absolute Gasteiger partial charge is 0.335 e. The molecule has 2 unspecified atom stereocenters. The number of fused-ring (bicyclic) bond motifs is 1. The Kier molecular flexibility index (Phi) is 3.36. The fourth-order valence-corrected chi connectivity index (χ4v) is 4.21. The highest BCUT2D eigenvalue weighted by atomic mass is 35.5. The molecular weight excluding hydrogens is 332 g/mol. The molecule has 6 heteroatoms. The molecule has 1 aliphatic rings. The first kappa shape index (κ1) is 14.6. The summed E-state index contributed by atoms with van der Waals surface area (Å²) in [5, 5.41) is 12.7. The van der Waals surface area contributed by atoms with Crippen molar-refractivity contribution in [3.8, 4) is 0 Å². The summed E-state index contributed by atoms with van der Waals surface area (Å²) in [6.45, 7) is 1.91. The van der Waals surface area contributed by atoms with Crippen molar-refractivity contribution >= 4 is 39.1 Å². The monoisotopic (exact) mass is 344 g/mol. The minimum Gasteiger partial charge on any atom is -0.478 e. The van der Waals surface area contributed by atoms with Gasteiger partial charge in [0.1, 0.15) is 10.7 Å². The Morgan fingerprint density at radius 2 is 2.13 bits per heavy atom. The van der Waals surface area contributed by atoms with Crippen molar-refractivity contribution in [1.82, 2.24) is 9.97 Å². The van der Waals surface area contributed by atoms with Crippen molar-refractivity contribution in [2.45, 2.75) is 25.2 Å². The van der Waals surface area contributed by atoms with E-state index >= 15 is 0 Å². The number of hydrogen-bond acceptors (Lipinski definition) is 4. The molecule has 116 valence electrons. The van der Waals surface area contributed by atoms with Gasteiger partial charge in [0.2, 0.25) is 0 Å². The predicted molar refractivity (Wildman–Crippen MR) is 90.7 cm³/mol. The molecule has 1 aromatic carbocycles. The van der Waals surface area contributed by atoms with E-state index in [-0.39, 0.29) is 5.56 Å². The van der Waals surface area contributed by atoms with Crippen molar-refractivity contribution in [3.63, 3.8) is 0 Å². The number of carboxylic acid groups (broad SMARTS) is 1. The Morgan fingerprint density at radius 1 is 1.30 bits per heavy atom. The molecular formula is C17H13ClN2O2S. The maximum absolute atomic E-state index is 11.0. The van der Waals surface area contributed by atoms with Gasteiger partial charge in [-0.1, -0.05) is 17.7 Å². The van der Waals surface area contributed by atoms with Crippen LogP contribution in [0.3, 0.4) is 0 Å². The van der Waals surface area contributed by atoms with Gasteiger partial charge in [-0.3, -0.25) is 0 Å². The highest BCUT2D eigenvalue weighted by Gasteiger charge is 2.43. The third kappa shape index (κ3) is 2.50. The lowest BCUT2D eigenvalue weighted by atomic mass is 10.0. The van der Waals surface area contributed by atoms with Gasteiger partial charge < -0.3 is 5.11 Å². The maximum atomic E-state index is 11.0. The van der Waals surface area contributed by atoms with Crippen LogP contribution in [-0.4, -0.2) is 21.0 Å². The highest BCUT2D eigenvalue weighted by molar-refractivity contribution is 7.16. The molecule has 2 aromatic heterocycles. The Bertz CT molecular complexity index is 937. The standard InChI is InChI=1S/C17H13ClN2O2S/c1-8-19-15(11-4-5-23-16(11)20-8)13-7-12(13)10-3-2-9(17(21)22)6-14(10)18/h2-6,12-13H,7H2,1H3,(H,21,22). The second-order valence-electron chi connectivity index (χ2n) is 5.79. The quantitative estimate of drug-likeness (QED) is 0.752. The number of benzene rings is 1. The predicted octanol–water partition coefficient (Wildman–Crippen LogP) is 4.62. The van der Waals surface area contributed by atoms with Crippen LogP contribution in [-0.2, 0) is 0 Å². The lowest BCUT2D eigenvalue weighted by molar-refractivity contribution is 0.0697. The van der Waals surface area contributed by atoms with Crippen molar-refractivity contribution in [2.75, 3.05) is 0 Å². The van der Waals surface area contributed by atoms with Gasteiger partial charge in [-0.15, -0.1) is 11.3 Å². The maximum Gasteiger partial charge on any atom is 0.335 e. The second kappa shape index (κ2) is 5.28. The summed E-state index contributed by atoms with van der Waals surface area (Å²) in [6.07, 6.45) is 0.980. The molecule has 2 atom stereocenters. The van der Waals surface area contributed by atoms with Gasteiger partial charge in [0.05, 0.1) is 11.3 Å². The SMILES string of the molecule is Cc1nc(C2CC2c2ccc(C(=O)O)cc2Cl)c2ccsc2n1. The summed E-state index contributed by atoms with van der Waals surface area (Å²) in [6, 6.07) is 7.04. The van der Waals surface area contributed by atoms with Crippen LogP contribution < -0.4 is 0 Å². The fourth-order valence-electron chi connectivity index (χ4n) is 3.07. The van der Waals surface area contributed by atoms with Gasteiger partial charge in [0.15, 0.2) is 0 Å². The molecule has 1 saturated carbocycles. The van der Waals surface area contributed by atoms with Gasteiger partial charge in [-0.2, -0.15) is 0 Å². The van der Waals surface area contributed by atoms with Crippen LogP contribution in [0.1, 0.15) is 45.7 Å². The third-order valence-electron chi connectivity index (χ3n) is 4.25. The van der Waals surface area contributed by atoms with Gasteiger partial charge >= 0.3 is 5.97 Å². The van der Waals surface area contributed by atoms with E-state index in [1.54, 1.807) is 17.4 Å². The summed E-state index contributed by atoms with van der Waals surface area (Å²) < 4.78 is 0. The molecule has 4 rings (SSSR count). The number of nitrogens with zero attached hydrogens (tertiary/aromatic N) is 2.